The molecule has 0 aliphatic rings. The van der Waals surface area contributed by atoms with Crippen LogP contribution in [0.1, 0.15) is 33.4 Å². The van der Waals surface area contributed by atoms with Crippen LogP contribution in [0.4, 0.5) is 9.80 Å². The van der Waals surface area contributed by atoms with Crippen LogP contribution in [0.3, 0.4) is 0 Å². The number of hydrogen-bond donors (Lipinski definition) is 0. The summed E-state index contributed by atoms with van der Waals surface area (Å²) in [6.45, 7) is 8.88. The minimum atomic E-state index is -0.726. The fourth-order valence-corrected chi connectivity index (χ4v) is 4.18. The summed E-state index contributed by atoms with van der Waals surface area (Å²) in [6.07, 6.45) is 4.50. The average molecular weight is 438 g/mol. The molecule has 7 nitrogen and oxygen atoms in total. The Bertz CT molecular complexity index is 877. The van der Waals surface area contributed by atoms with E-state index in [1.54, 1.807) is 65.9 Å². The zero-order valence-corrected chi connectivity index (χ0v) is 19.4. The molecule has 1 atom stereocenters. The summed E-state index contributed by atoms with van der Waals surface area (Å²) in [4.78, 5) is 35.9. The van der Waals surface area contributed by atoms with E-state index in [1.165, 1.54) is 11.3 Å². The first-order valence-corrected chi connectivity index (χ1v) is 11.3. The minimum absolute atomic E-state index is 0.310. The van der Waals surface area contributed by atoms with Crippen LogP contribution in [0.5, 0.6) is 5.75 Å². The van der Waals surface area contributed by atoms with Crippen LogP contribution >= 0.6 is 23.1 Å². The molecule has 0 saturated carbocycles. The van der Waals surface area contributed by atoms with Crippen molar-refractivity contribution >= 4 is 40.1 Å². The van der Waals surface area contributed by atoms with Gasteiger partial charge in [-0.05, 0) is 40.0 Å². The lowest BCUT2D eigenvalue weighted by Crippen LogP contribution is -2.44. The molecular weight excluding hydrogens is 410 g/mol. The zero-order chi connectivity index (χ0) is 21.8. The summed E-state index contributed by atoms with van der Waals surface area (Å²) in [5.41, 5.74) is 0.595. The second-order valence-electron chi connectivity index (χ2n) is 7.53. The van der Waals surface area contributed by atoms with Crippen molar-refractivity contribution in [2.75, 3.05) is 24.0 Å². The number of pyridine rings is 1. The van der Waals surface area contributed by atoms with Gasteiger partial charge in [0.15, 0.2) is 0 Å². The normalized spacial score (nSPS) is 12.4. The van der Waals surface area contributed by atoms with Gasteiger partial charge in [-0.3, -0.25) is 9.78 Å². The number of anilines is 1. The maximum Gasteiger partial charge on any atom is 0.422 e. The molecule has 2 aromatic rings. The Morgan fingerprint density at radius 1 is 1.31 bits per heavy atom. The molecule has 29 heavy (non-hydrogen) atoms. The Morgan fingerprint density at radius 2 is 2.00 bits per heavy atom. The number of rotatable bonds is 6. The van der Waals surface area contributed by atoms with E-state index in [0.29, 0.717) is 27.2 Å². The van der Waals surface area contributed by atoms with E-state index < -0.39 is 11.7 Å². The van der Waals surface area contributed by atoms with Crippen molar-refractivity contribution in [2.45, 2.75) is 40.2 Å². The summed E-state index contributed by atoms with van der Waals surface area (Å²) in [5.74, 6) is 0.546. The van der Waals surface area contributed by atoms with Crippen molar-refractivity contribution in [2.24, 2.45) is 5.92 Å². The SMILES string of the molecule is COc1cncc(-c2nc(C)c(N(C(=O)OC(C)(C)C)C(=O)C(C)CSC)s2)c1. The molecular formula is C20H27N3O4S2. The van der Waals surface area contributed by atoms with Crippen molar-refractivity contribution in [3.05, 3.63) is 24.2 Å². The van der Waals surface area contributed by atoms with Crippen molar-refractivity contribution in [1.29, 1.82) is 0 Å². The largest absolute Gasteiger partial charge is 0.495 e. The molecule has 2 aromatic heterocycles. The van der Waals surface area contributed by atoms with Crippen LogP contribution in [0, 0.1) is 12.8 Å². The molecule has 0 aliphatic heterocycles. The molecule has 1 unspecified atom stereocenters. The number of carbonyl (C=O) groups is 2. The number of thiazole rings is 1. The molecule has 0 bridgehead atoms. The second kappa shape index (κ2) is 9.58. The van der Waals surface area contributed by atoms with Gasteiger partial charge in [-0.1, -0.05) is 18.3 Å². The molecule has 158 valence electrons. The van der Waals surface area contributed by atoms with E-state index in [-0.39, 0.29) is 11.8 Å². The first-order valence-electron chi connectivity index (χ1n) is 9.10. The number of ether oxygens (including phenoxy) is 2. The van der Waals surface area contributed by atoms with Crippen molar-refractivity contribution < 1.29 is 19.1 Å². The summed E-state index contributed by atoms with van der Waals surface area (Å²) < 4.78 is 10.7. The third-order valence-corrected chi connectivity index (χ3v) is 5.83. The molecule has 0 radical (unpaired) electrons. The molecule has 0 aliphatic carbocycles. The predicted molar refractivity (Wildman–Crippen MR) is 118 cm³/mol. The first-order chi connectivity index (χ1) is 13.6. The fourth-order valence-electron chi connectivity index (χ4n) is 2.49. The first kappa shape index (κ1) is 23.2. The lowest BCUT2D eigenvalue weighted by molar-refractivity contribution is -0.121. The van der Waals surface area contributed by atoms with E-state index in [1.807, 2.05) is 12.3 Å². The standard InChI is InChI=1S/C20H27N3O4S2/c1-12(11-28-7)17(24)23(19(25)27-20(3,4)5)18-13(2)22-16(29-18)14-8-15(26-6)10-21-9-14/h8-10,12H,11H2,1-7H3. The zero-order valence-electron chi connectivity index (χ0n) is 17.8. The number of aryl methyl sites for hydroxylation is 1. The van der Waals surface area contributed by atoms with Gasteiger partial charge in [-0.25, -0.2) is 14.7 Å². The van der Waals surface area contributed by atoms with Gasteiger partial charge in [0, 0.05) is 23.4 Å². The maximum absolute atomic E-state index is 13.1. The number of nitrogens with zero attached hydrogens (tertiary/aromatic N) is 3. The van der Waals surface area contributed by atoms with Crippen LogP contribution in [0.25, 0.3) is 10.6 Å². The lowest BCUT2D eigenvalue weighted by Gasteiger charge is -2.27. The molecule has 0 aromatic carbocycles. The Hall–Kier alpha value is -2.13. The van der Waals surface area contributed by atoms with Gasteiger partial charge in [0.2, 0.25) is 5.91 Å². The predicted octanol–water partition coefficient (Wildman–Crippen LogP) is 4.79. The van der Waals surface area contributed by atoms with Gasteiger partial charge >= 0.3 is 6.09 Å². The summed E-state index contributed by atoms with van der Waals surface area (Å²) >= 11 is 2.80. The highest BCUT2D eigenvalue weighted by Gasteiger charge is 2.34. The molecule has 2 heterocycles. The monoisotopic (exact) mass is 437 g/mol. The number of aromatic nitrogens is 2. The number of thioether (sulfide) groups is 1. The van der Waals surface area contributed by atoms with E-state index in [0.717, 1.165) is 10.5 Å². The van der Waals surface area contributed by atoms with Crippen molar-refractivity contribution in [3.8, 4) is 16.3 Å². The Labute approximate surface area is 179 Å². The third-order valence-electron chi connectivity index (χ3n) is 3.81. The second-order valence-corrected chi connectivity index (χ2v) is 9.42. The number of amides is 2. The van der Waals surface area contributed by atoms with Gasteiger partial charge in [0.1, 0.15) is 21.4 Å². The number of hydrogen-bond acceptors (Lipinski definition) is 8. The molecule has 2 amide bonds. The van der Waals surface area contributed by atoms with Gasteiger partial charge in [0.25, 0.3) is 0 Å². The van der Waals surface area contributed by atoms with Crippen LogP contribution < -0.4 is 9.64 Å². The van der Waals surface area contributed by atoms with Crippen LogP contribution in [0.2, 0.25) is 0 Å². The molecule has 0 spiro atoms. The highest BCUT2D eigenvalue weighted by Crippen LogP contribution is 2.36. The molecule has 0 saturated heterocycles. The Kier molecular flexibility index (Phi) is 7.65. The summed E-state index contributed by atoms with van der Waals surface area (Å²) in [6, 6.07) is 1.81. The van der Waals surface area contributed by atoms with Crippen molar-refractivity contribution in [3.63, 3.8) is 0 Å². The topological polar surface area (TPSA) is 81.6 Å². The van der Waals surface area contributed by atoms with Gasteiger partial charge in [-0.15, -0.1) is 0 Å². The maximum atomic E-state index is 13.1. The Balaban J connectivity index is 2.48. The van der Waals surface area contributed by atoms with E-state index in [9.17, 15) is 9.59 Å². The summed E-state index contributed by atoms with van der Waals surface area (Å²) in [7, 11) is 1.56. The van der Waals surface area contributed by atoms with Crippen molar-refractivity contribution in [1.82, 2.24) is 9.97 Å². The van der Waals surface area contributed by atoms with Gasteiger partial charge < -0.3 is 9.47 Å². The fraction of sp³-hybridized carbons (Fsp3) is 0.500. The smallest absolute Gasteiger partial charge is 0.422 e. The van der Waals surface area contributed by atoms with E-state index in [4.69, 9.17) is 9.47 Å². The van der Waals surface area contributed by atoms with Gasteiger partial charge in [0.05, 0.1) is 19.0 Å². The van der Waals surface area contributed by atoms with E-state index in [2.05, 4.69) is 9.97 Å². The number of methoxy groups -OCH3 is 1. The number of carbonyl (C=O) groups excluding carboxylic acids is 2. The molecule has 0 N–H and O–H groups in total. The highest BCUT2D eigenvalue weighted by molar-refractivity contribution is 7.98. The highest BCUT2D eigenvalue weighted by atomic mass is 32.2. The lowest BCUT2D eigenvalue weighted by atomic mass is 10.2. The molecule has 0 fully saturated rings. The summed E-state index contributed by atoms with van der Waals surface area (Å²) in [5, 5.41) is 1.10. The van der Waals surface area contributed by atoms with Crippen LogP contribution in [-0.4, -0.2) is 46.7 Å². The number of imide groups is 1. The van der Waals surface area contributed by atoms with Crippen LogP contribution in [0.15, 0.2) is 18.5 Å². The third kappa shape index (κ3) is 5.93. The average Bonchev–Trinajstić information content (AvgIpc) is 3.02. The molecule has 9 heteroatoms. The Morgan fingerprint density at radius 3 is 2.59 bits per heavy atom. The van der Waals surface area contributed by atoms with Crippen LogP contribution in [-0.2, 0) is 9.53 Å². The molecule has 2 rings (SSSR count). The quantitative estimate of drug-likeness (QED) is 0.642. The minimum Gasteiger partial charge on any atom is -0.495 e. The van der Waals surface area contributed by atoms with E-state index >= 15 is 0 Å². The van der Waals surface area contributed by atoms with Gasteiger partial charge in [-0.2, -0.15) is 11.8 Å².